The number of aliphatic hydroxyl groups excluding tert-OH is 1. The van der Waals surface area contributed by atoms with Crippen LogP contribution in [-0.2, 0) is 14.3 Å². The number of rotatable bonds is 2. The van der Waals surface area contributed by atoms with E-state index in [1.54, 1.807) is 0 Å². The Kier molecular flexibility index (Phi) is 2.43. The molecule has 2 N–H and O–H groups in total. The van der Waals surface area contributed by atoms with E-state index in [2.05, 4.69) is 0 Å². The summed E-state index contributed by atoms with van der Waals surface area (Å²) in [5.74, 6) is -1.93. The van der Waals surface area contributed by atoms with E-state index in [9.17, 15) is 9.59 Å². The summed E-state index contributed by atoms with van der Waals surface area (Å²) in [6, 6.07) is 0. The van der Waals surface area contributed by atoms with E-state index in [0.717, 1.165) is 4.90 Å². The van der Waals surface area contributed by atoms with Gasteiger partial charge in [-0.05, 0) is 0 Å². The molecule has 0 unspecified atom stereocenters. The minimum atomic E-state index is -1.18. The molecule has 2 atom stereocenters. The molecule has 0 aliphatic carbocycles. The Morgan fingerprint density at radius 3 is 2.47 bits per heavy atom. The number of amides is 1. The monoisotopic (exact) mass is 241 g/mol. The van der Waals surface area contributed by atoms with Gasteiger partial charge in [0.25, 0.3) is 0 Å². The minimum Gasteiger partial charge on any atom is -0.476 e. The van der Waals surface area contributed by atoms with E-state index in [4.69, 9.17) is 14.9 Å². The van der Waals surface area contributed by atoms with Crippen LogP contribution < -0.4 is 0 Å². The maximum atomic E-state index is 11.7. The number of nitrogens with zero attached hydrogens (tertiary/aromatic N) is 1. The number of carboxylic acids is 1. The van der Waals surface area contributed by atoms with Gasteiger partial charge < -0.3 is 14.9 Å². The average molecular weight is 241 g/mol. The summed E-state index contributed by atoms with van der Waals surface area (Å²) in [5.41, 5.74) is -0.595. The summed E-state index contributed by atoms with van der Waals surface area (Å²) < 4.78 is 5.52. The van der Waals surface area contributed by atoms with Crippen molar-refractivity contribution in [3.8, 4) is 0 Å². The van der Waals surface area contributed by atoms with Crippen molar-refractivity contribution >= 4 is 11.9 Å². The molecule has 0 saturated carbocycles. The third-order valence-electron chi connectivity index (χ3n) is 2.93. The smallest absolute Gasteiger partial charge is 0.356 e. The molecule has 2 aliphatic heterocycles. The van der Waals surface area contributed by atoms with Gasteiger partial charge in [0, 0.05) is 5.41 Å². The quantitative estimate of drug-likeness (QED) is 0.671. The summed E-state index contributed by atoms with van der Waals surface area (Å²) >= 11 is 0. The minimum absolute atomic E-state index is 0.0998. The lowest BCUT2D eigenvalue weighted by Gasteiger charge is -2.40. The average Bonchev–Trinajstić information content (AvgIpc) is 2.53. The van der Waals surface area contributed by atoms with Crippen LogP contribution in [0.2, 0.25) is 0 Å². The van der Waals surface area contributed by atoms with Crippen LogP contribution in [0.1, 0.15) is 20.8 Å². The van der Waals surface area contributed by atoms with E-state index in [1.807, 2.05) is 20.8 Å². The van der Waals surface area contributed by atoms with Crippen molar-refractivity contribution in [2.45, 2.75) is 27.0 Å². The van der Waals surface area contributed by atoms with Gasteiger partial charge in [-0.3, -0.25) is 9.69 Å². The van der Waals surface area contributed by atoms with Crippen molar-refractivity contribution < 1.29 is 24.5 Å². The lowest BCUT2D eigenvalue weighted by molar-refractivity contribution is -0.176. The fraction of sp³-hybridized carbons (Fsp3) is 0.636. The van der Waals surface area contributed by atoms with Gasteiger partial charge in [0.1, 0.15) is 11.7 Å². The lowest BCUT2D eigenvalue weighted by Crippen LogP contribution is -2.60. The van der Waals surface area contributed by atoms with Crippen LogP contribution >= 0.6 is 0 Å². The molecule has 0 spiro atoms. The largest absolute Gasteiger partial charge is 0.476 e. The highest BCUT2D eigenvalue weighted by Gasteiger charge is 2.58. The first kappa shape index (κ1) is 11.9. The molecular formula is C11H15NO5. The maximum Gasteiger partial charge on any atom is 0.356 e. The van der Waals surface area contributed by atoms with Gasteiger partial charge in [-0.25, -0.2) is 4.79 Å². The third kappa shape index (κ3) is 1.51. The Labute approximate surface area is 98.5 Å². The zero-order valence-electron chi connectivity index (χ0n) is 9.93. The number of fused-ring (bicyclic) bond motifs is 1. The van der Waals surface area contributed by atoms with Gasteiger partial charge in [0.05, 0.1) is 6.61 Å². The number of hydrogen-bond donors (Lipinski definition) is 2. The van der Waals surface area contributed by atoms with Crippen molar-refractivity contribution in [2.24, 2.45) is 11.3 Å². The standard InChI is InChI=1S/C11H15NO5/c1-11(2,3)7-6(10(15)16)12-8(14)5(4-13)9(12)17-7/h5,9,13H,4H2,1-3H3,(H,15,16)/t5-,9-/m0/s1. The molecule has 0 aromatic heterocycles. The topological polar surface area (TPSA) is 87.1 Å². The van der Waals surface area contributed by atoms with Crippen molar-refractivity contribution in [2.75, 3.05) is 6.61 Å². The molecule has 6 heteroatoms. The second-order valence-electron chi connectivity index (χ2n) is 5.24. The van der Waals surface area contributed by atoms with Gasteiger partial charge >= 0.3 is 5.97 Å². The summed E-state index contributed by atoms with van der Waals surface area (Å²) in [5, 5.41) is 18.2. The highest BCUT2D eigenvalue weighted by molar-refractivity contribution is 5.98. The summed E-state index contributed by atoms with van der Waals surface area (Å²) in [6.07, 6.45) is -0.659. The Hall–Kier alpha value is -1.56. The highest BCUT2D eigenvalue weighted by Crippen LogP contribution is 2.45. The molecule has 0 aromatic rings. The Morgan fingerprint density at radius 1 is 1.47 bits per heavy atom. The van der Waals surface area contributed by atoms with E-state index in [1.165, 1.54) is 0 Å². The van der Waals surface area contributed by atoms with E-state index < -0.39 is 29.4 Å². The molecule has 0 aromatic carbocycles. The van der Waals surface area contributed by atoms with Crippen LogP contribution in [0.15, 0.2) is 11.5 Å². The first-order valence-corrected chi connectivity index (χ1v) is 5.37. The van der Waals surface area contributed by atoms with E-state index in [-0.39, 0.29) is 12.3 Å². The van der Waals surface area contributed by atoms with Crippen molar-refractivity contribution in [1.29, 1.82) is 0 Å². The van der Waals surface area contributed by atoms with Gasteiger partial charge in [0.2, 0.25) is 5.91 Å². The molecule has 17 heavy (non-hydrogen) atoms. The summed E-state index contributed by atoms with van der Waals surface area (Å²) in [7, 11) is 0. The number of β-lactam (4-membered cyclic amide) rings is 1. The Balaban J connectivity index is 2.40. The van der Waals surface area contributed by atoms with Crippen LogP contribution in [-0.4, -0.2) is 39.8 Å². The Morgan fingerprint density at radius 2 is 2.06 bits per heavy atom. The van der Waals surface area contributed by atoms with Gasteiger partial charge in [0.15, 0.2) is 11.9 Å². The first-order chi connectivity index (χ1) is 7.79. The van der Waals surface area contributed by atoms with Gasteiger partial charge in [-0.1, -0.05) is 20.8 Å². The number of hydrogen-bond acceptors (Lipinski definition) is 4. The van der Waals surface area contributed by atoms with E-state index in [0.29, 0.717) is 5.76 Å². The molecule has 1 fully saturated rings. The molecule has 1 amide bonds. The van der Waals surface area contributed by atoms with Crippen LogP contribution in [0.4, 0.5) is 0 Å². The third-order valence-corrected chi connectivity index (χ3v) is 2.93. The molecule has 94 valence electrons. The van der Waals surface area contributed by atoms with E-state index >= 15 is 0 Å². The molecular weight excluding hydrogens is 226 g/mol. The predicted octanol–water partition coefficient (Wildman–Crippen LogP) is 0.136. The fourth-order valence-corrected chi connectivity index (χ4v) is 2.08. The van der Waals surface area contributed by atoms with Crippen molar-refractivity contribution in [3.63, 3.8) is 0 Å². The van der Waals surface area contributed by atoms with Gasteiger partial charge in [-0.2, -0.15) is 0 Å². The molecule has 6 nitrogen and oxygen atoms in total. The molecule has 1 saturated heterocycles. The van der Waals surface area contributed by atoms with Crippen molar-refractivity contribution in [1.82, 2.24) is 4.90 Å². The number of aliphatic carboxylic acids is 1. The molecule has 0 bridgehead atoms. The molecule has 2 rings (SSSR count). The molecule has 2 heterocycles. The molecule has 0 radical (unpaired) electrons. The predicted molar refractivity (Wildman–Crippen MR) is 56.4 cm³/mol. The summed E-state index contributed by atoms with van der Waals surface area (Å²) in [6.45, 7) is 5.12. The van der Waals surface area contributed by atoms with Gasteiger partial charge in [-0.15, -0.1) is 0 Å². The number of allylic oxidation sites excluding steroid dienone is 1. The number of aliphatic hydroxyl groups is 1. The number of carbonyl (C=O) groups is 2. The zero-order valence-corrected chi connectivity index (χ0v) is 9.93. The number of ether oxygens (including phenoxy) is 1. The number of carbonyl (C=O) groups excluding carboxylic acids is 1. The first-order valence-electron chi connectivity index (χ1n) is 5.37. The number of carboxylic acid groups (broad SMARTS) is 1. The molecule has 2 aliphatic rings. The SMILES string of the molecule is CC(C)(C)C1=C(C(=O)O)N2C(=O)[C@H](CO)[C@@H]2O1. The zero-order chi connectivity index (χ0) is 13.0. The highest BCUT2D eigenvalue weighted by atomic mass is 16.5. The van der Waals surface area contributed by atoms with Crippen LogP contribution in [0.3, 0.4) is 0 Å². The lowest BCUT2D eigenvalue weighted by atomic mass is 9.92. The van der Waals surface area contributed by atoms with Crippen LogP contribution in [0, 0.1) is 11.3 Å². The Bertz CT molecular complexity index is 420. The summed E-state index contributed by atoms with van der Waals surface area (Å²) in [4.78, 5) is 24.0. The maximum absolute atomic E-state index is 11.7. The second kappa shape index (κ2) is 3.46. The fourth-order valence-electron chi connectivity index (χ4n) is 2.08. The van der Waals surface area contributed by atoms with Crippen LogP contribution in [0.5, 0.6) is 0 Å². The van der Waals surface area contributed by atoms with Crippen molar-refractivity contribution in [3.05, 3.63) is 11.5 Å². The normalized spacial score (nSPS) is 27.8. The second-order valence-corrected chi connectivity index (χ2v) is 5.24. The van der Waals surface area contributed by atoms with Crippen LogP contribution in [0.25, 0.3) is 0 Å².